The second kappa shape index (κ2) is 10.4. The minimum absolute atomic E-state index is 0.00220. The van der Waals surface area contributed by atoms with Gasteiger partial charge in [-0.25, -0.2) is 0 Å². The Balaban J connectivity index is 2.16. The average molecular weight is 397 g/mol. The number of carbonyl (C=O) groups is 3. The van der Waals surface area contributed by atoms with Crippen molar-refractivity contribution in [2.45, 2.75) is 39.2 Å². The van der Waals surface area contributed by atoms with E-state index in [-0.39, 0.29) is 13.0 Å². The van der Waals surface area contributed by atoms with Gasteiger partial charge in [-0.05, 0) is 30.5 Å². The molecule has 1 aromatic heterocycles. The summed E-state index contributed by atoms with van der Waals surface area (Å²) in [5.41, 5.74) is 0.204. The van der Waals surface area contributed by atoms with Gasteiger partial charge in [-0.15, -0.1) is 0 Å². The van der Waals surface area contributed by atoms with Gasteiger partial charge in [-0.1, -0.05) is 44.2 Å². The van der Waals surface area contributed by atoms with E-state index in [0.717, 1.165) is 5.56 Å². The fraction of sp³-hybridized carbons (Fsp3) is 0.364. The predicted octanol–water partition coefficient (Wildman–Crippen LogP) is 2.43. The molecule has 2 aromatic rings. The Morgan fingerprint density at radius 1 is 1.07 bits per heavy atom. The lowest BCUT2D eigenvalue weighted by Gasteiger charge is -2.28. The number of pyridine rings is 1. The molecule has 0 saturated heterocycles. The molecule has 0 spiro atoms. The van der Waals surface area contributed by atoms with Crippen LogP contribution < -0.4 is 10.6 Å². The number of carbonyl (C=O) groups excluding carboxylic acids is 2. The van der Waals surface area contributed by atoms with Crippen LogP contribution in [0.5, 0.6) is 0 Å². The molecule has 0 aliphatic rings. The Morgan fingerprint density at radius 3 is 2.31 bits per heavy atom. The lowest BCUT2D eigenvalue weighted by Crippen LogP contribution is -2.51. The number of hydrogen-bond donors (Lipinski definition) is 3. The maximum atomic E-state index is 12.9. The molecule has 0 bridgehead atoms. The summed E-state index contributed by atoms with van der Waals surface area (Å²) in [6.45, 7) is 3.58. The monoisotopic (exact) mass is 397 g/mol. The maximum absolute atomic E-state index is 12.9. The molecular weight excluding hydrogens is 370 g/mol. The van der Waals surface area contributed by atoms with Crippen molar-refractivity contribution in [3.8, 4) is 0 Å². The Morgan fingerprint density at radius 2 is 1.76 bits per heavy atom. The lowest BCUT2D eigenvalue weighted by molar-refractivity contribution is -0.149. The molecule has 0 aliphatic carbocycles. The van der Waals surface area contributed by atoms with E-state index in [1.54, 1.807) is 32.2 Å². The Kier molecular flexibility index (Phi) is 7.88. The third kappa shape index (κ3) is 5.88. The number of nitrogens with one attached hydrogen (secondary N) is 2. The SMILES string of the molecule is CCC(CC)(CNC(=O)C(Cc1ccccc1)NC(=O)c1cccnc1)C(=O)O. The molecule has 0 aliphatic heterocycles. The molecule has 154 valence electrons. The molecule has 7 nitrogen and oxygen atoms in total. The highest BCUT2D eigenvalue weighted by atomic mass is 16.4. The van der Waals surface area contributed by atoms with Crippen molar-refractivity contribution < 1.29 is 19.5 Å². The zero-order valence-corrected chi connectivity index (χ0v) is 16.7. The van der Waals surface area contributed by atoms with Gasteiger partial charge in [-0.3, -0.25) is 19.4 Å². The number of carboxylic acid groups (broad SMARTS) is 1. The van der Waals surface area contributed by atoms with Crippen molar-refractivity contribution >= 4 is 17.8 Å². The zero-order chi connectivity index (χ0) is 21.3. The van der Waals surface area contributed by atoms with Crippen molar-refractivity contribution in [2.24, 2.45) is 5.41 Å². The summed E-state index contributed by atoms with van der Waals surface area (Å²) < 4.78 is 0. The molecule has 2 amide bonds. The largest absolute Gasteiger partial charge is 0.481 e. The third-order valence-corrected chi connectivity index (χ3v) is 5.24. The summed E-state index contributed by atoms with van der Waals surface area (Å²) in [5, 5.41) is 15.1. The summed E-state index contributed by atoms with van der Waals surface area (Å²) in [5.74, 6) is -1.77. The van der Waals surface area contributed by atoms with Crippen LogP contribution in [0.4, 0.5) is 0 Å². The lowest BCUT2D eigenvalue weighted by atomic mass is 9.82. The Bertz CT molecular complexity index is 820. The van der Waals surface area contributed by atoms with Gasteiger partial charge < -0.3 is 15.7 Å². The molecule has 29 heavy (non-hydrogen) atoms. The quantitative estimate of drug-likeness (QED) is 0.571. The molecular formula is C22H27N3O4. The molecule has 1 heterocycles. The fourth-order valence-electron chi connectivity index (χ4n) is 3.06. The highest BCUT2D eigenvalue weighted by Gasteiger charge is 2.36. The second-order valence-corrected chi connectivity index (χ2v) is 6.97. The van der Waals surface area contributed by atoms with Crippen LogP contribution in [0.1, 0.15) is 42.6 Å². The number of nitrogens with zero attached hydrogens (tertiary/aromatic N) is 1. The van der Waals surface area contributed by atoms with Gasteiger partial charge in [0, 0.05) is 25.4 Å². The molecule has 3 N–H and O–H groups in total. The predicted molar refractivity (Wildman–Crippen MR) is 109 cm³/mol. The van der Waals surface area contributed by atoms with Crippen LogP contribution in [-0.2, 0) is 16.0 Å². The molecule has 0 fully saturated rings. The van der Waals surface area contributed by atoms with E-state index < -0.39 is 29.2 Å². The molecule has 0 radical (unpaired) electrons. The van der Waals surface area contributed by atoms with Crippen LogP contribution in [0.25, 0.3) is 0 Å². The fourth-order valence-corrected chi connectivity index (χ4v) is 3.06. The van der Waals surface area contributed by atoms with Crippen LogP contribution >= 0.6 is 0 Å². The van der Waals surface area contributed by atoms with Gasteiger partial charge in [0.2, 0.25) is 5.91 Å². The number of rotatable bonds is 10. The highest BCUT2D eigenvalue weighted by molar-refractivity contribution is 5.97. The van der Waals surface area contributed by atoms with Crippen LogP contribution in [0.15, 0.2) is 54.9 Å². The number of hydrogen-bond acceptors (Lipinski definition) is 4. The smallest absolute Gasteiger partial charge is 0.311 e. The minimum atomic E-state index is -1.03. The number of benzene rings is 1. The number of amides is 2. The second-order valence-electron chi connectivity index (χ2n) is 6.97. The van der Waals surface area contributed by atoms with E-state index in [2.05, 4.69) is 15.6 Å². The first-order valence-corrected chi connectivity index (χ1v) is 9.67. The minimum Gasteiger partial charge on any atom is -0.481 e. The van der Waals surface area contributed by atoms with Gasteiger partial charge in [0.15, 0.2) is 0 Å². The van der Waals surface area contributed by atoms with Crippen LogP contribution in [0.3, 0.4) is 0 Å². The van der Waals surface area contributed by atoms with Gasteiger partial charge in [0.05, 0.1) is 11.0 Å². The molecule has 1 atom stereocenters. The van der Waals surface area contributed by atoms with E-state index in [1.807, 2.05) is 30.3 Å². The normalized spacial score (nSPS) is 12.1. The van der Waals surface area contributed by atoms with Crippen LogP contribution in [0, 0.1) is 5.41 Å². The van der Waals surface area contributed by atoms with Crippen molar-refractivity contribution in [3.63, 3.8) is 0 Å². The third-order valence-electron chi connectivity index (χ3n) is 5.24. The summed E-state index contributed by atoms with van der Waals surface area (Å²) in [4.78, 5) is 41.0. The first kappa shape index (κ1) is 22.1. The number of aliphatic carboxylic acids is 1. The van der Waals surface area contributed by atoms with Gasteiger partial charge >= 0.3 is 5.97 Å². The topological polar surface area (TPSA) is 108 Å². The summed E-state index contributed by atoms with van der Waals surface area (Å²) in [6, 6.07) is 11.7. The Hall–Kier alpha value is -3.22. The van der Waals surface area contributed by atoms with Crippen molar-refractivity contribution in [2.75, 3.05) is 6.54 Å². The van der Waals surface area contributed by atoms with Gasteiger partial charge in [-0.2, -0.15) is 0 Å². The highest BCUT2D eigenvalue weighted by Crippen LogP contribution is 2.25. The van der Waals surface area contributed by atoms with Crippen molar-refractivity contribution in [3.05, 3.63) is 66.0 Å². The van der Waals surface area contributed by atoms with E-state index >= 15 is 0 Å². The van der Waals surface area contributed by atoms with E-state index in [4.69, 9.17) is 0 Å². The molecule has 1 aromatic carbocycles. The summed E-state index contributed by atoms with van der Waals surface area (Å²) >= 11 is 0. The average Bonchev–Trinajstić information content (AvgIpc) is 2.75. The van der Waals surface area contributed by atoms with E-state index in [1.165, 1.54) is 6.20 Å². The van der Waals surface area contributed by atoms with Crippen molar-refractivity contribution in [1.82, 2.24) is 15.6 Å². The molecule has 7 heteroatoms. The van der Waals surface area contributed by atoms with Crippen LogP contribution in [-0.4, -0.2) is 40.5 Å². The molecule has 0 saturated carbocycles. The summed E-state index contributed by atoms with van der Waals surface area (Å²) in [6.07, 6.45) is 4.06. The molecule has 1 unspecified atom stereocenters. The van der Waals surface area contributed by atoms with Crippen LogP contribution in [0.2, 0.25) is 0 Å². The number of carboxylic acids is 1. The maximum Gasteiger partial charge on any atom is 0.311 e. The summed E-state index contributed by atoms with van der Waals surface area (Å²) in [7, 11) is 0. The molecule has 2 rings (SSSR count). The zero-order valence-electron chi connectivity index (χ0n) is 16.7. The Labute approximate surface area is 170 Å². The van der Waals surface area contributed by atoms with Gasteiger partial charge in [0.25, 0.3) is 5.91 Å². The first-order valence-electron chi connectivity index (χ1n) is 9.67. The standard InChI is InChI=1S/C22H27N3O4/c1-3-22(4-2,21(28)29)15-24-20(27)18(13-16-9-6-5-7-10-16)25-19(26)17-11-8-12-23-14-17/h5-12,14,18H,3-4,13,15H2,1-2H3,(H,24,27)(H,25,26)(H,28,29). The van der Waals surface area contributed by atoms with E-state index in [9.17, 15) is 19.5 Å². The first-order chi connectivity index (χ1) is 13.9. The van der Waals surface area contributed by atoms with Gasteiger partial charge in [0.1, 0.15) is 6.04 Å². The van der Waals surface area contributed by atoms with Crippen molar-refractivity contribution in [1.29, 1.82) is 0 Å². The number of aromatic nitrogens is 1. The van der Waals surface area contributed by atoms with E-state index in [0.29, 0.717) is 18.4 Å².